The van der Waals surface area contributed by atoms with E-state index in [1.807, 2.05) is 43.6 Å². The maximum atomic E-state index is 5.98. The maximum absolute atomic E-state index is 5.98. The van der Waals surface area contributed by atoms with Crippen LogP contribution in [0.3, 0.4) is 0 Å². The van der Waals surface area contributed by atoms with Gasteiger partial charge in [-0.3, -0.25) is 4.90 Å². The molecule has 1 fully saturated rings. The fraction of sp³-hybridized carbons (Fsp3) is 0.474. The van der Waals surface area contributed by atoms with Gasteiger partial charge in [0.1, 0.15) is 11.9 Å². The number of morpholine rings is 1. The molecule has 0 N–H and O–H groups in total. The van der Waals surface area contributed by atoms with Crippen molar-refractivity contribution in [3.05, 3.63) is 52.5 Å². The van der Waals surface area contributed by atoms with Crippen LogP contribution in [0.4, 0.5) is 0 Å². The molecule has 1 saturated heterocycles. The molecule has 0 radical (unpaired) electrons. The van der Waals surface area contributed by atoms with Crippen LogP contribution in [-0.4, -0.2) is 49.2 Å². The van der Waals surface area contributed by atoms with Gasteiger partial charge in [0, 0.05) is 42.3 Å². The molecule has 0 amide bonds. The van der Waals surface area contributed by atoms with Crippen LogP contribution in [0, 0.1) is 27.7 Å². The molecule has 0 aliphatic carbocycles. The lowest BCUT2D eigenvalue weighted by atomic mass is 10.1. The van der Waals surface area contributed by atoms with Gasteiger partial charge in [-0.15, -0.1) is 0 Å². The van der Waals surface area contributed by atoms with Gasteiger partial charge in [0.15, 0.2) is 5.65 Å². The average molecular weight is 352 g/mol. The molecule has 1 aliphatic rings. The number of hydrogen-bond acceptors (Lipinski definition) is 6. The van der Waals surface area contributed by atoms with Gasteiger partial charge in [-0.25, -0.2) is 19.5 Å². The Bertz CT molecular complexity index is 930. The first-order chi connectivity index (χ1) is 12.5. The van der Waals surface area contributed by atoms with Crippen molar-refractivity contribution in [2.75, 3.05) is 19.7 Å². The highest BCUT2D eigenvalue weighted by Gasteiger charge is 2.24. The Morgan fingerprint density at radius 2 is 1.88 bits per heavy atom. The summed E-state index contributed by atoms with van der Waals surface area (Å²) in [5, 5.41) is 4.50. The topological polar surface area (TPSA) is 68.4 Å². The minimum Gasteiger partial charge on any atom is -0.369 e. The molecule has 0 saturated carbocycles. The van der Waals surface area contributed by atoms with Gasteiger partial charge in [0.25, 0.3) is 0 Å². The quantitative estimate of drug-likeness (QED) is 0.721. The van der Waals surface area contributed by atoms with Gasteiger partial charge in [-0.2, -0.15) is 5.10 Å². The molecule has 7 heteroatoms. The van der Waals surface area contributed by atoms with Crippen molar-refractivity contribution in [1.29, 1.82) is 0 Å². The molecule has 0 aromatic carbocycles. The summed E-state index contributed by atoms with van der Waals surface area (Å²) in [4.78, 5) is 16.0. The predicted molar refractivity (Wildman–Crippen MR) is 97.9 cm³/mol. The smallest absolute Gasteiger partial charge is 0.159 e. The van der Waals surface area contributed by atoms with Gasteiger partial charge >= 0.3 is 0 Å². The van der Waals surface area contributed by atoms with Crippen molar-refractivity contribution in [3.8, 4) is 0 Å². The van der Waals surface area contributed by atoms with E-state index in [0.29, 0.717) is 6.61 Å². The number of rotatable bonds is 3. The highest BCUT2D eigenvalue weighted by molar-refractivity contribution is 5.47. The standard InChI is InChI=1S/C19H24N6O/c1-12-7-14(3)25-19(22-12)16(9-20-25)10-24-5-6-26-18(11-24)17-8-13(2)21-15(4)23-17/h7-9,18H,5-6,10-11H2,1-4H3. The lowest BCUT2D eigenvalue weighted by molar-refractivity contribution is -0.0350. The highest BCUT2D eigenvalue weighted by Crippen LogP contribution is 2.23. The summed E-state index contributed by atoms with van der Waals surface area (Å²) in [5.41, 5.74) is 6.15. The summed E-state index contributed by atoms with van der Waals surface area (Å²) in [7, 11) is 0. The summed E-state index contributed by atoms with van der Waals surface area (Å²) in [6.45, 7) is 11.2. The van der Waals surface area contributed by atoms with E-state index in [2.05, 4.69) is 31.9 Å². The zero-order valence-electron chi connectivity index (χ0n) is 15.7. The normalized spacial score (nSPS) is 18.5. The predicted octanol–water partition coefficient (Wildman–Crippen LogP) is 2.33. The third-order valence-corrected chi connectivity index (χ3v) is 4.71. The van der Waals surface area contributed by atoms with E-state index >= 15 is 0 Å². The van der Waals surface area contributed by atoms with Crippen LogP contribution < -0.4 is 0 Å². The van der Waals surface area contributed by atoms with E-state index in [4.69, 9.17) is 4.74 Å². The zero-order chi connectivity index (χ0) is 18.3. The van der Waals surface area contributed by atoms with Crippen LogP contribution in [0.15, 0.2) is 18.3 Å². The second kappa shape index (κ2) is 6.74. The van der Waals surface area contributed by atoms with Gasteiger partial charge in [0.05, 0.1) is 18.5 Å². The SMILES string of the molecule is Cc1cc(C2CN(Cc3cnn4c(C)cc(C)nc34)CCO2)nc(C)n1. The van der Waals surface area contributed by atoms with Crippen molar-refractivity contribution < 1.29 is 4.74 Å². The third kappa shape index (κ3) is 3.32. The largest absolute Gasteiger partial charge is 0.369 e. The molecule has 136 valence electrons. The van der Waals surface area contributed by atoms with Crippen LogP contribution in [0.25, 0.3) is 5.65 Å². The lowest BCUT2D eigenvalue weighted by Crippen LogP contribution is -2.38. The molecule has 0 spiro atoms. The van der Waals surface area contributed by atoms with E-state index in [0.717, 1.165) is 59.4 Å². The van der Waals surface area contributed by atoms with E-state index < -0.39 is 0 Å². The minimum atomic E-state index is -0.0255. The summed E-state index contributed by atoms with van der Waals surface area (Å²) in [6, 6.07) is 4.07. The van der Waals surface area contributed by atoms with Crippen molar-refractivity contribution in [3.63, 3.8) is 0 Å². The molecule has 4 heterocycles. The zero-order valence-corrected chi connectivity index (χ0v) is 15.7. The monoisotopic (exact) mass is 352 g/mol. The Morgan fingerprint density at radius 3 is 2.69 bits per heavy atom. The van der Waals surface area contributed by atoms with Crippen LogP contribution >= 0.6 is 0 Å². The molecule has 4 rings (SSSR count). The molecule has 3 aromatic rings. The number of nitrogens with zero attached hydrogens (tertiary/aromatic N) is 6. The third-order valence-electron chi connectivity index (χ3n) is 4.71. The van der Waals surface area contributed by atoms with Gasteiger partial charge in [0.2, 0.25) is 0 Å². The fourth-order valence-corrected chi connectivity index (χ4v) is 3.60. The average Bonchev–Trinajstić information content (AvgIpc) is 2.97. The molecule has 7 nitrogen and oxygen atoms in total. The Kier molecular flexibility index (Phi) is 4.42. The Hall–Kier alpha value is -2.38. The van der Waals surface area contributed by atoms with Crippen molar-refractivity contribution in [2.24, 2.45) is 0 Å². The van der Waals surface area contributed by atoms with Crippen molar-refractivity contribution >= 4 is 5.65 Å². The van der Waals surface area contributed by atoms with Crippen molar-refractivity contribution in [1.82, 2.24) is 29.5 Å². The first-order valence-electron chi connectivity index (χ1n) is 8.96. The summed E-state index contributed by atoms with van der Waals surface area (Å²) in [6.07, 6.45) is 1.90. The maximum Gasteiger partial charge on any atom is 0.159 e. The van der Waals surface area contributed by atoms with Crippen LogP contribution in [-0.2, 0) is 11.3 Å². The fourth-order valence-electron chi connectivity index (χ4n) is 3.60. The molecule has 0 bridgehead atoms. The lowest BCUT2D eigenvalue weighted by Gasteiger charge is -2.32. The Labute approximate surface area is 153 Å². The molecule has 1 atom stereocenters. The van der Waals surface area contributed by atoms with Gasteiger partial charge in [-0.05, 0) is 39.8 Å². The number of aryl methyl sites for hydroxylation is 4. The summed E-state index contributed by atoms with van der Waals surface area (Å²) >= 11 is 0. The number of ether oxygens (including phenoxy) is 1. The number of hydrogen-bond donors (Lipinski definition) is 0. The highest BCUT2D eigenvalue weighted by atomic mass is 16.5. The molecule has 1 unspecified atom stereocenters. The van der Waals surface area contributed by atoms with E-state index in [9.17, 15) is 0 Å². The number of aromatic nitrogens is 5. The van der Waals surface area contributed by atoms with E-state index in [-0.39, 0.29) is 6.10 Å². The molecular weight excluding hydrogens is 328 g/mol. The van der Waals surface area contributed by atoms with Gasteiger partial charge < -0.3 is 4.74 Å². The summed E-state index contributed by atoms with van der Waals surface area (Å²) < 4.78 is 7.89. The first kappa shape index (κ1) is 17.1. The molecule has 26 heavy (non-hydrogen) atoms. The number of fused-ring (bicyclic) bond motifs is 1. The van der Waals surface area contributed by atoms with E-state index in [1.165, 1.54) is 0 Å². The summed E-state index contributed by atoms with van der Waals surface area (Å²) in [5.74, 6) is 0.790. The van der Waals surface area contributed by atoms with E-state index in [1.54, 1.807) is 0 Å². The Morgan fingerprint density at radius 1 is 1.08 bits per heavy atom. The second-order valence-electron chi connectivity index (χ2n) is 7.02. The first-order valence-corrected chi connectivity index (χ1v) is 8.96. The van der Waals surface area contributed by atoms with Crippen LogP contribution in [0.5, 0.6) is 0 Å². The minimum absolute atomic E-state index is 0.0255. The van der Waals surface area contributed by atoms with Crippen LogP contribution in [0.2, 0.25) is 0 Å². The molecule has 3 aromatic heterocycles. The second-order valence-corrected chi connectivity index (χ2v) is 7.02. The van der Waals surface area contributed by atoms with Crippen molar-refractivity contribution in [2.45, 2.75) is 40.3 Å². The van der Waals surface area contributed by atoms with Gasteiger partial charge in [-0.1, -0.05) is 0 Å². The Balaban J connectivity index is 1.56. The molecular formula is C19H24N6O. The molecule has 1 aliphatic heterocycles. The van der Waals surface area contributed by atoms with Crippen LogP contribution in [0.1, 0.15) is 40.3 Å².